The van der Waals surface area contributed by atoms with Gasteiger partial charge in [-0.05, 0) is 25.2 Å². The van der Waals surface area contributed by atoms with Gasteiger partial charge in [0.15, 0.2) is 5.79 Å². The van der Waals surface area contributed by atoms with E-state index < -0.39 is 169 Å². The van der Waals surface area contributed by atoms with Crippen LogP contribution >= 0.6 is 23.2 Å². The van der Waals surface area contributed by atoms with Crippen molar-refractivity contribution in [3.63, 3.8) is 0 Å². The zero-order chi connectivity index (χ0) is 65.7. The van der Waals surface area contributed by atoms with Crippen LogP contribution in [0.4, 0.5) is 0 Å². The van der Waals surface area contributed by atoms with Crippen LogP contribution in [-0.4, -0.2) is 241 Å². The molecular formula is C29H38Cl2N9Na8O38S8-3. The predicted octanol–water partition coefficient (Wildman–Crippen LogP) is -31.7. The van der Waals surface area contributed by atoms with Crippen molar-refractivity contribution < 1.29 is 403 Å². The van der Waals surface area contributed by atoms with E-state index in [4.69, 9.17) is 104 Å². The molecule has 0 radical (unpaired) electrons. The first-order valence-electron chi connectivity index (χ1n) is 21.5. The molecule has 47 nitrogen and oxygen atoms in total. The first-order chi connectivity index (χ1) is 39.0. The third-order valence-corrected chi connectivity index (χ3v) is 12.5. The fourth-order valence-corrected chi connectivity index (χ4v) is 9.41. The number of alkyl halides is 2. The normalized spacial score (nSPS) is 23.9. The van der Waals surface area contributed by atoms with Gasteiger partial charge in [-0.2, -0.15) is 0 Å². The van der Waals surface area contributed by atoms with Crippen LogP contribution in [0, 0.1) is 19.3 Å². The number of aromatic nitrogens is 9. The topological polar surface area (TPSA) is 712 Å². The van der Waals surface area contributed by atoms with Gasteiger partial charge in [0.25, 0.3) is 0 Å². The molecule has 3 N–H and O–H groups in total. The second kappa shape index (κ2) is 48.2. The van der Waals surface area contributed by atoms with Crippen LogP contribution in [-0.2, 0) is 172 Å². The average molecular weight is 1630 g/mol. The monoisotopic (exact) mass is 1630 g/mol. The summed E-state index contributed by atoms with van der Waals surface area (Å²) in [7, 11) is -42.3. The molecule has 3 fully saturated rings. The van der Waals surface area contributed by atoms with E-state index in [9.17, 15) is 64.9 Å². The van der Waals surface area contributed by atoms with Gasteiger partial charge in [-0.1, -0.05) is 15.6 Å². The Balaban J connectivity index is -0.000000757. The summed E-state index contributed by atoms with van der Waals surface area (Å²) in [6.07, 6.45) is -9.51. The molecule has 3 aliphatic heterocycles. The molecule has 0 aromatic carbocycles. The Kier molecular flexibility index (Phi) is 56.2. The summed E-state index contributed by atoms with van der Waals surface area (Å²) < 4.78 is 331. The van der Waals surface area contributed by atoms with E-state index in [0.717, 1.165) is 22.2 Å². The van der Waals surface area contributed by atoms with Crippen molar-refractivity contribution in [3.8, 4) is 0 Å². The second-order valence-electron chi connectivity index (χ2n) is 15.9. The molecule has 0 saturated carbocycles. The van der Waals surface area contributed by atoms with Crippen LogP contribution in [0.25, 0.3) is 0 Å². The number of halogens is 2. The summed E-state index contributed by atoms with van der Waals surface area (Å²) in [5, 5.41) is 21.7. The van der Waals surface area contributed by atoms with Gasteiger partial charge in [0.2, 0.25) is 83.2 Å². The second-order valence-corrected chi connectivity index (χ2v) is 24.3. The molecule has 6 heterocycles. The minimum Gasteiger partial charge on any atom is -0.726 e. The van der Waals surface area contributed by atoms with Crippen LogP contribution in [0.15, 0.2) is 18.6 Å². The van der Waals surface area contributed by atoms with Crippen molar-refractivity contribution in [2.45, 2.75) is 113 Å². The van der Waals surface area contributed by atoms with Crippen LogP contribution in [0.2, 0.25) is 0 Å². The maximum Gasteiger partial charge on any atom is 1.00 e. The maximum atomic E-state index is 11.8. The first kappa shape index (κ1) is 110. The van der Waals surface area contributed by atoms with E-state index in [1.165, 1.54) is 23.3 Å². The van der Waals surface area contributed by atoms with Gasteiger partial charge in [-0.15, -0.1) is 38.5 Å². The molecular weight excluding hydrogens is 1590 g/mol. The predicted molar refractivity (Wildman–Crippen MR) is 249 cm³/mol. The SMILES string of the molecule is CCn1cc(CO[C@@H]2[CH-][C@@H](OS(=O)(=O)[O-])[C@H](OS(=O)(=O)[O-])[C@@H](Cn3cc(COCc4cn(C[C@@H]5[CH-][C@H](OS(=O)(=O)[O-])[C@](CCl)(O[C@@H]6[CH-][C@@H](OS(=O)(=O)[O-])[C@@H](Cl)[C@@H](COS(=O)(=O)[O-])O6)O5)nn4)nn3)O2)nn1.O=S(=O)([O-])O.O=S(=O)([O-])O.O=S(=O)([O-])O.[Na+].[Na+].[Na+].[Na+].[Na+].[Na+].[Na+].[Na+]. The van der Waals surface area contributed by atoms with Gasteiger partial charge in [-0.25, -0.2) is 84.9 Å². The zero-order valence-corrected chi connectivity index (χ0v) is 73.6. The Hall–Kier alpha value is 4.72. The van der Waals surface area contributed by atoms with Crippen molar-refractivity contribution in [1.82, 2.24) is 45.0 Å². The Morgan fingerprint density at radius 3 is 1.35 bits per heavy atom. The summed E-state index contributed by atoms with van der Waals surface area (Å²) in [5.74, 6) is -3.38. The number of ether oxygens (including phenoxy) is 6. The Morgan fingerprint density at radius 2 is 0.936 bits per heavy atom. The van der Waals surface area contributed by atoms with E-state index in [0.29, 0.717) is 18.7 Å². The van der Waals surface area contributed by atoms with E-state index in [2.05, 4.69) is 51.9 Å². The van der Waals surface area contributed by atoms with E-state index in [1.54, 1.807) is 6.92 Å². The van der Waals surface area contributed by atoms with Crippen LogP contribution in [0.3, 0.4) is 0 Å². The summed E-state index contributed by atoms with van der Waals surface area (Å²) in [6.45, 7) is -0.570. The van der Waals surface area contributed by atoms with Crippen molar-refractivity contribution >= 4 is 106 Å². The molecule has 0 aliphatic carbocycles. The molecule has 0 amide bonds. The molecule has 3 aromatic heterocycles. The molecule has 500 valence electrons. The van der Waals surface area contributed by atoms with Gasteiger partial charge in [0.05, 0.1) is 68.9 Å². The van der Waals surface area contributed by atoms with Crippen molar-refractivity contribution in [3.05, 3.63) is 54.9 Å². The maximum absolute atomic E-state index is 11.8. The fourth-order valence-electron chi connectivity index (χ4n) is 6.63. The number of rotatable bonds is 26. The molecule has 3 aromatic rings. The summed E-state index contributed by atoms with van der Waals surface area (Å²) >= 11 is 12.3. The first-order valence-corrected chi connectivity index (χ1v) is 33.2. The van der Waals surface area contributed by atoms with Gasteiger partial charge < -0.3 is 77.4 Å². The van der Waals surface area contributed by atoms with Crippen LogP contribution < -0.4 is 236 Å². The molecule has 3 saturated heterocycles. The third kappa shape index (κ3) is 49.6. The quantitative estimate of drug-likeness (QED) is 0.0221. The molecule has 3 aliphatic rings. The zero-order valence-electron chi connectivity index (χ0n) is 49.6. The Bertz CT molecular complexity index is 3560. The number of hydrogen-bond donors (Lipinski definition) is 3. The standard InChI is InChI=1S/C29H40Cl2N9O26S5.8Na.3H2O4S/c1-2-38-6-18(34-35-38)13-57-25-5-21(64-69(47,48)49)28(66-71(53,54)55)22(59-25)10-40-8-17(33-37-40)12-56-11-16-7-39(36-32-16)9-19-3-24(65-70(50,51)52)29(15-30,61-19)62-26-4-20(63-68(44,45)46)27(31)23(60-26)14-58-67(41,42)43;;;;;;;;;3*1-5(2,3)4/h3-8,19-28H,2,9-15H2,1H3,(H,41,42,43)(H,44,45,46)(H,47,48,49)(H,50,51,52)(H,53,54,55);;;;;;;;;3*(H2,1,2,3,4)/q-3;8*+1;;;/p-8/t19-,20+,21+,22+,23+,24-,25-,26+,27+,28-,29-;;;;;;;;;;;/m0.........../s1. The van der Waals surface area contributed by atoms with Gasteiger partial charge in [0, 0.05) is 31.8 Å². The van der Waals surface area contributed by atoms with Crippen molar-refractivity contribution in [1.29, 1.82) is 0 Å². The number of hydrogen-bond acceptors (Lipinski definition) is 41. The fraction of sp³-hybridized carbons (Fsp3) is 0.690. The number of nitrogens with zero attached hydrogens (tertiary/aromatic N) is 9. The minimum atomic E-state index is -5.57. The molecule has 94 heavy (non-hydrogen) atoms. The summed E-state index contributed by atoms with van der Waals surface area (Å²) in [6, 6.07) is 0. The number of aryl methyl sites for hydroxylation is 1. The van der Waals surface area contributed by atoms with Crippen molar-refractivity contribution in [2.24, 2.45) is 0 Å². The minimum absolute atomic E-state index is 0. The molecule has 0 spiro atoms. The average Bonchev–Trinajstić information content (AvgIpc) is 2.15. The smallest absolute Gasteiger partial charge is 0.726 e. The van der Waals surface area contributed by atoms with Gasteiger partial charge in [-0.3, -0.25) is 37.8 Å². The van der Waals surface area contributed by atoms with E-state index in [-0.39, 0.29) is 274 Å². The van der Waals surface area contributed by atoms with Crippen LogP contribution in [0.5, 0.6) is 0 Å². The van der Waals surface area contributed by atoms with Crippen LogP contribution in [0.1, 0.15) is 24.0 Å². The van der Waals surface area contributed by atoms with E-state index in [1.807, 2.05) is 0 Å². The van der Waals surface area contributed by atoms with Crippen molar-refractivity contribution in [2.75, 3.05) is 12.5 Å². The summed E-state index contributed by atoms with van der Waals surface area (Å²) in [4.78, 5) is 0. The van der Waals surface area contributed by atoms with E-state index >= 15 is 0 Å². The Morgan fingerprint density at radius 1 is 0.543 bits per heavy atom. The molecule has 11 atom stereocenters. The van der Waals surface area contributed by atoms with Gasteiger partial charge in [0.1, 0.15) is 29.3 Å². The largest absolute Gasteiger partial charge is 1.00 e. The Labute approximate surface area is 723 Å². The molecule has 65 heteroatoms. The third-order valence-electron chi connectivity index (χ3n) is 9.34. The summed E-state index contributed by atoms with van der Waals surface area (Å²) in [5.41, 5.74) is 0.589. The molecule has 6 rings (SSSR count). The van der Waals surface area contributed by atoms with Gasteiger partial charge >= 0.3 is 236 Å². The molecule has 0 bridgehead atoms. The molecule has 0 unspecified atom stereocenters.